The largest absolute Gasteiger partial charge is 0.479 e. The maximum Gasteiger partial charge on any atom is 0.335 e. The third-order valence-corrected chi connectivity index (χ3v) is 2.60. The van der Waals surface area contributed by atoms with Crippen LogP contribution in [-0.4, -0.2) is 43.6 Å². The number of carbonyl (C=O) groups is 2. The zero-order valence-electron chi connectivity index (χ0n) is 9.07. The summed E-state index contributed by atoms with van der Waals surface area (Å²) in [5.41, 5.74) is 0.911. The number of aromatic amines is 1. The first-order chi connectivity index (χ1) is 8.54. The highest BCUT2D eigenvalue weighted by Crippen LogP contribution is 2.22. The summed E-state index contributed by atoms with van der Waals surface area (Å²) in [6, 6.07) is 1.42. The van der Waals surface area contributed by atoms with E-state index < -0.39 is 18.2 Å². The Hall–Kier alpha value is -2.25. The van der Waals surface area contributed by atoms with E-state index in [-0.39, 0.29) is 5.56 Å². The summed E-state index contributed by atoms with van der Waals surface area (Å²) >= 11 is 0. The van der Waals surface area contributed by atoms with Crippen molar-refractivity contribution in [2.24, 2.45) is 0 Å². The number of hydrogen-bond acceptors (Lipinski definition) is 5. The number of aldehydes is 1. The van der Waals surface area contributed by atoms with Crippen molar-refractivity contribution >= 4 is 23.3 Å². The molecule has 18 heavy (non-hydrogen) atoms. The second kappa shape index (κ2) is 4.55. The van der Waals surface area contributed by atoms with Gasteiger partial charge >= 0.3 is 5.97 Å². The minimum Gasteiger partial charge on any atom is -0.479 e. The molecule has 4 N–H and O–H groups in total. The van der Waals surface area contributed by atoms with Gasteiger partial charge in [0.1, 0.15) is 11.8 Å². The van der Waals surface area contributed by atoms with E-state index in [2.05, 4.69) is 9.97 Å². The molecule has 2 rings (SSSR count). The number of aromatic nitrogens is 2. The first kappa shape index (κ1) is 12.2. The maximum atomic E-state index is 10.8. The van der Waals surface area contributed by atoms with Crippen molar-refractivity contribution < 1.29 is 24.9 Å². The molecule has 0 amide bonds. The Bertz CT molecular complexity index is 606. The van der Waals surface area contributed by atoms with Crippen LogP contribution >= 0.6 is 0 Å². The summed E-state index contributed by atoms with van der Waals surface area (Å²) in [6.07, 6.45) is -0.236. The van der Waals surface area contributed by atoms with Crippen molar-refractivity contribution in [1.82, 2.24) is 9.97 Å². The van der Waals surface area contributed by atoms with Crippen LogP contribution in [0.3, 0.4) is 0 Å². The Morgan fingerprint density at radius 1 is 1.44 bits per heavy atom. The summed E-state index contributed by atoms with van der Waals surface area (Å²) in [5.74, 6) is -1.53. The number of rotatable bonds is 4. The molecule has 0 saturated carbocycles. The number of fused-ring (bicyclic) bond motifs is 1. The SMILES string of the molecule is O=Cc1c[nH]c2ncc(C(O)C(O)C(=O)O)cc12. The van der Waals surface area contributed by atoms with Gasteiger partial charge in [0.05, 0.1) is 0 Å². The molecule has 2 unspecified atom stereocenters. The monoisotopic (exact) mass is 250 g/mol. The molecule has 0 fully saturated rings. The van der Waals surface area contributed by atoms with Crippen LogP contribution in [0.2, 0.25) is 0 Å². The Morgan fingerprint density at radius 3 is 2.78 bits per heavy atom. The zero-order chi connectivity index (χ0) is 13.3. The Balaban J connectivity index is 2.45. The van der Waals surface area contributed by atoms with Gasteiger partial charge in [0.2, 0.25) is 0 Å². The minimum atomic E-state index is -1.94. The molecule has 0 spiro atoms. The minimum absolute atomic E-state index is 0.125. The highest BCUT2D eigenvalue weighted by atomic mass is 16.4. The van der Waals surface area contributed by atoms with E-state index in [4.69, 9.17) is 5.11 Å². The standard InChI is InChI=1S/C11H10N2O5/c14-4-6-3-13-10-7(6)1-5(2-12-10)8(15)9(16)11(17)18/h1-4,8-9,15-16H,(H,12,13)(H,17,18). The molecule has 0 aliphatic carbocycles. The highest BCUT2D eigenvalue weighted by Gasteiger charge is 2.25. The van der Waals surface area contributed by atoms with Crippen LogP contribution in [0.4, 0.5) is 0 Å². The molecule has 2 heterocycles. The van der Waals surface area contributed by atoms with E-state index in [0.717, 1.165) is 0 Å². The molecular formula is C11H10N2O5. The number of pyridine rings is 1. The molecule has 2 aromatic rings. The lowest BCUT2D eigenvalue weighted by atomic mass is 10.0. The van der Waals surface area contributed by atoms with Crippen molar-refractivity contribution in [2.45, 2.75) is 12.2 Å². The van der Waals surface area contributed by atoms with Crippen LogP contribution in [0.1, 0.15) is 22.0 Å². The molecule has 0 aromatic carbocycles. The quantitative estimate of drug-likeness (QED) is 0.560. The molecule has 2 aromatic heterocycles. The average molecular weight is 250 g/mol. The van der Waals surface area contributed by atoms with Gasteiger partial charge in [-0.15, -0.1) is 0 Å². The van der Waals surface area contributed by atoms with Crippen molar-refractivity contribution in [3.05, 3.63) is 29.6 Å². The second-order valence-corrected chi connectivity index (χ2v) is 3.75. The lowest BCUT2D eigenvalue weighted by Gasteiger charge is -2.13. The number of aliphatic hydroxyl groups is 2. The predicted molar refractivity (Wildman–Crippen MR) is 60.1 cm³/mol. The summed E-state index contributed by atoms with van der Waals surface area (Å²) in [4.78, 5) is 28.0. The average Bonchev–Trinajstić information content (AvgIpc) is 2.78. The molecule has 2 atom stereocenters. The van der Waals surface area contributed by atoms with Crippen LogP contribution < -0.4 is 0 Å². The lowest BCUT2D eigenvalue weighted by molar-refractivity contribution is -0.153. The fourth-order valence-corrected chi connectivity index (χ4v) is 1.62. The number of aliphatic hydroxyl groups excluding tert-OH is 2. The van der Waals surface area contributed by atoms with Gasteiger partial charge in [0.25, 0.3) is 0 Å². The first-order valence-electron chi connectivity index (χ1n) is 5.05. The Labute approximate surface area is 101 Å². The fraction of sp³-hybridized carbons (Fsp3) is 0.182. The van der Waals surface area contributed by atoms with Gasteiger partial charge in [-0.3, -0.25) is 4.79 Å². The number of H-pyrrole nitrogens is 1. The molecule has 0 aliphatic heterocycles. The number of carbonyl (C=O) groups excluding carboxylic acids is 1. The molecule has 0 saturated heterocycles. The van der Waals surface area contributed by atoms with Crippen LogP contribution in [0.25, 0.3) is 11.0 Å². The third kappa shape index (κ3) is 1.96. The van der Waals surface area contributed by atoms with Gasteiger partial charge in [-0.25, -0.2) is 9.78 Å². The van der Waals surface area contributed by atoms with E-state index in [1.807, 2.05) is 0 Å². The van der Waals surface area contributed by atoms with Gasteiger partial charge < -0.3 is 20.3 Å². The van der Waals surface area contributed by atoms with Crippen LogP contribution in [0.5, 0.6) is 0 Å². The van der Waals surface area contributed by atoms with Crippen molar-refractivity contribution in [3.63, 3.8) is 0 Å². The number of aliphatic carboxylic acids is 1. The van der Waals surface area contributed by atoms with Crippen molar-refractivity contribution in [1.29, 1.82) is 0 Å². The van der Waals surface area contributed by atoms with Gasteiger partial charge in [-0.05, 0) is 6.07 Å². The van der Waals surface area contributed by atoms with E-state index >= 15 is 0 Å². The van der Waals surface area contributed by atoms with Gasteiger partial charge in [-0.1, -0.05) is 0 Å². The van der Waals surface area contributed by atoms with Gasteiger partial charge in [0.15, 0.2) is 12.4 Å². The number of carboxylic acids is 1. The maximum absolute atomic E-state index is 10.8. The molecule has 0 radical (unpaired) electrons. The summed E-state index contributed by atoms with van der Waals surface area (Å²) < 4.78 is 0. The molecular weight excluding hydrogens is 240 g/mol. The Kier molecular flexibility index (Phi) is 3.09. The molecule has 0 aliphatic rings. The molecule has 7 nitrogen and oxygen atoms in total. The molecule has 7 heteroatoms. The topological polar surface area (TPSA) is 124 Å². The molecule has 94 valence electrons. The van der Waals surface area contributed by atoms with Crippen LogP contribution in [0.15, 0.2) is 18.5 Å². The third-order valence-electron chi connectivity index (χ3n) is 2.60. The predicted octanol–water partition coefficient (Wildman–Crippen LogP) is -0.146. The normalized spacial score (nSPS) is 14.3. The zero-order valence-corrected chi connectivity index (χ0v) is 9.07. The van der Waals surface area contributed by atoms with Crippen LogP contribution in [-0.2, 0) is 4.79 Å². The highest BCUT2D eigenvalue weighted by molar-refractivity contribution is 5.95. The summed E-state index contributed by atoms with van der Waals surface area (Å²) in [5, 5.41) is 27.9. The van der Waals surface area contributed by atoms with E-state index in [0.29, 0.717) is 22.9 Å². The Morgan fingerprint density at radius 2 is 2.17 bits per heavy atom. The van der Waals surface area contributed by atoms with E-state index in [9.17, 15) is 19.8 Å². The molecule has 0 bridgehead atoms. The number of nitrogens with zero attached hydrogens (tertiary/aromatic N) is 1. The van der Waals surface area contributed by atoms with Crippen molar-refractivity contribution in [3.8, 4) is 0 Å². The lowest BCUT2D eigenvalue weighted by Crippen LogP contribution is -2.27. The number of carboxylic acid groups (broad SMARTS) is 1. The number of hydrogen-bond donors (Lipinski definition) is 4. The van der Waals surface area contributed by atoms with Gasteiger partial charge in [-0.2, -0.15) is 0 Å². The van der Waals surface area contributed by atoms with E-state index in [1.165, 1.54) is 18.5 Å². The second-order valence-electron chi connectivity index (χ2n) is 3.75. The van der Waals surface area contributed by atoms with E-state index in [1.54, 1.807) is 0 Å². The fourth-order valence-electron chi connectivity index (χ4n) is 1.62. The summed E-state index contributed by atoms with van der Waals surface area (Å²) in [7, 11) is 0. The smallest absolute Gasteiger partial charge is 0.335 e. The van der Waals surface area contributed by atoms with Gasteiger partial charge in [0, 0.05) is 28.9 Å². The number of nitrogens with one attached hydrogen (secondary N) is 1. The first-order valence-corrected chi connectivity index (χ1v) is 5.05. The summed E-state index contributed by atoms with van der Waals surface area (Å²) in [6.45, 7) is 0. The van der Waals surface area contributed by atoms with Crippen LogP contribution in [0, 0.1) is 0 Å². The van der Waals surface area contributed by atoms with Crippen molar-refractivity contribution in [2.75, 3.05) is 0 Å².